The van der Waals surface area contributed by atoms with E-state index in [1.54, 1.807) is 38.1 Å². The summed E-state index contributed by atoms with van der Waals surface area (Å²) in [5, 5.41) is -0.102. The van der Waals surface area contributed by atoms with Gasteiger partial charge < -0.3 is 9.47 Å². The van der Waals surface area contributed by atoms with Gasteiger partial charge in [0.05, 0.1) is 22.5 Å². The molecular weight excluding hydrogens is 729 g/mol. The van der Waals surface area contributed by atoms with Crippen molar-refractivity contribution in [1.82, 2.24) is 19.9 Å². The van der Waals surface area contributed by atoms with Crippen LogP contribution < -0.4 is 9.47 Å². The van der Waals surface area contributed by atoms with Gasteiger partial charge in [-0.05, 0) is 37.1 Å². The van der Waals surface area contributed by atoms with Gasteiger partial charge in [0.2, 0.25) is 0 Å². The molecule has 6 rings (SSSR count). The molecule has 0 aliphatic rings. The Balaban J connectivity index is 0.000000201. The van der Waals surface area contributed by atoms with Crippen LogP contribution in [0.4, 0.5) is 26.3 Å². The number of ether oxygens (including phenoxy) is 2. The molecular formula is C38H28Cl2F6N4O2. The molecule has 52 heavy (non-hydrogen) atoms. The molecule has 2 aromatic carbocycles. The fourth-order valence-corrected chi connectivity index (χ4v) is 5.16. The lowest BCUT2D eigenvalue weighted by Crippen LogP contribution is -2.06. The average Bonchev–Trinajstić information content (AvgIpc) is 3.10. The van der Waals surface area contributed by atoms with Crippen LogP contribution >= 0.6 is 23.2 Å². The van der Waals surface area contributed by atoms with E-state index in [1.165, 1.54) is 0 Å². The van der Waals surface area contributed by atoms with E-state index in [4.69, 9.17) is 32.7 Å². The number of rotatable bonds is 8. The minimum Gasteiger partial charge on any atom is -0.489 e. The molecule has 0 atom stereocenters. The van der Waals surface area contributed by atoms with Crippen LogP contribution in [0.3, 0.4) is 0 Å². The Labute approximate surface area is 305 Å². The van der Waals surface area contributed by atoms with Crippen LogP contribution in [-0.2, 0) is 25.6 Å². The van der Waals surface area contributed by atoms with E-state index in [1.807, 2.05) is 60.7 Å². The molecule has 0 aliphatic carbocycles. The Bertz CT molecular complexity index is 1980. The predicted molar refractivity (Wildman–Crippen MR) is 186 cm³/mol. The molecule has 0 unspecified atom stereocenters. The van der Waals surface area contributed by atoms with E-state index in [2.05, 4.69) is 19.9 Å². The van der Waals surface area contributed by atoms with Gasteiger partial charge in [-0.2, -0.15) is 26.3 Å². The zero-order valence-electron chi connectivity index (χ0n) is 27.4. The quantitative estimate of drug-likeness (QED) is 0.114. The Morgan fingerprint density at radius 2 is 0.904 bits per heavy atom. The lowest BCUT2D eigenvalue weighted by molar-refractivity contribution is -0.138. The summed E-state index contributed by atoms with van der Waals surface area (Å²) in [6.07, 6.45) is -7.62. The van der Waals surface area contributed by atoms with E-state index < -0.39 is 23.5 Å². The second-order valence-corrected chi connectivity index (χ2v) is 12.0. The fourth-order valence-electron chi connectivity index (χ4n) is 4.76. The second-order valence-electron chi connectivity index (χ2n) is 11.3. The molecule has 6 nitrogen and oxygen atoms in total. The topological polar surface area (TPSA) is 70.0 Å². The van der Waals surface area contributed by atoms with Crippen molar-refractivity contribution in [3.63, 3.8) is 0 Å². The van der Waals surface area contributed by atoms with Crippen molar-refractivity contribution < 1.29 is 35.8 Å². The van der Waals surface area contributed by atoms with Crippen LogP contribution in [0.5, 0.6) is 11.5 Å². The largest absolute Gasteiger partial charge is 0.489 e. The van der Waals surface area contributed by atoms with Crippen molar-refractivity contribution in [2.45, 2.75) is 39.4 Å². The van der Waals surface area contributed by atoms with Crippen molar-refractivity contribution in [1.29, 1.82) is 0 Å². The number of alkyl halides is 6. The minimum absolute atomic E-state index is 0.0508. The van der Waals surface area contributed by atoms with Gasteiger partial charge in [-0.25, -0.2) is 9.97 Å². The van der Waals surface area contributed by atoms with Crippen molar-refractivity contribution in [3.05, 3.63) is 153 Å². The van der Waals surface area contributed by atoms with E-state index in [0.29, 0.717) is 48.5 Å². The first-order valence-corrected chi connectivity index (χ1v) is 16.2. The molecule has 0 spiro atoms. The first kappa shape index (κ1) is 38.0. The first-order chi connectivity index (χ1) is 24.7. The number of halogens is 8. The zero-order chi connectivity index (χ0) is 37.5. The maximum Gasteiger partial charge on any atom is 0.417 e. The molecule has 0 saturated heterocycles. The SMILES string of the molecule is Cc1cc(OCc2ccccc2)cc(-c2cc(C(F)(F)F)cnc2Cl)n1.Cc1cc(OCc2ccccc2)cc(-c2cc(C(F)(F)F)cnc2Cl)n1. The van der Waals surface area contributed by atoms with Gasteiger partial charge in [0.25, 0.3) is 0 Å². The molecule has 0 aliphatic heterocycles. The maximum atomic E-state index is 13.0. The predicted octanol–water partition coefficient (Wildman–Crippen LogP) is 11.4. The highest BCUT2D eigenvalue weighted by molar-refractivity contribution is 6.32. The van der Waals surface area contributed by atoms with Gasteiger partial charge in [-0.15, -0.1) is 0 Å². The molecule has 0 fully saturated rings. The summed E-state index contributed by atoms with van der Waals surface area (Å²) in [6, 6.07) is 27.5. The van der Waals surface area contributed by atoms with E-state index in [0.717, 1.165) is 23.3 Å². The molecule has 4 heterocycles. The third kappa shape index (κ3) is 10.4. The van der Waals surface area contributed by atoms with E-state index in [-0.39, 0.29) is 32.8 Å². The van der Waals surface area contributed by atoms with Crippen LogP contribution in [0, 0.1) is 13.8 Å². The molecule has 0 N–H and O–H groups in total. The Morgan fingerprint density at radius 3 is 1.25 bits per heavy atom. The number of benzene rings is 2. The number of nitrogens with zero attached hydrogens (tertiary/aromatic N) is 4. The Morgan fingerprint density at radius 1 is 0.538 bits per heavy atom. The van der Waals surface area contributed by atoms with Crippen LogP contribution in [-0.4, -0.2) is 19.9 Å². The number of hydrogen-bond acceptors (Lipinski definition) is 6. The van der Waals surface area contributed by atoms with Gasteiger partial charge in [0, 0.05) is 59.2 Å². The van der Waals surface area contributed by atoms with Crippen molar-refractivity contribution in [2.24, 2.45) is 0 Å². The Kier molecular flexibility index (Phi) is 12.0. The first-order valence-electron chi connectivity index (χ1n) is 15.4. The average molecular weight is 758 g/mol. The van der Waals surface area contributed by atoms with Gasteiger partial charge in [0.1, 0.15) is 35.0 Å². The summed E-state index contributed by atoms with van der Waals surface area (Å²) in [6.45, 7) is 4.12. The van der Waals surface area contributed by atoms with Crippen molar-refractivity contribution in [3.8, 4) is 34.0 Å². The summed E-state index contributed by atoms with van der Waals surface area (Å²) in [7, 11) is 0. The molecule has 6 aromatic rings. The minimum atomic E-state index is -4.51. The molecule has 0 bridgehead atoms. The van der Waals surface area contributed by atoms with Crippen LogP contribution in [0.15, 0.2) is 109 Å². The summed E-state index contributed by atoms with van der Waals surface area (Å²) in [4.78, 5) is 15.8. The van der Waals surface area contributed by atoms with Crippen LogP contribution in [0.25, 0.3) is 22.5 Å². The highest BCUT2D eigenvalue weighted by atomic mass is 35.5. The molecule has 14 heteroatoms. The van der Waals surface area contributed by atoms with E-state index in [9.17, 15) is 26.3 Å². The van der Waals surface area contributed by atoms with Gasteiger partial charge in [0.15, 0.2) is 0 Å². The number of hydrogen-bond donors (Lipinski definition) is 0. The maximum absolute atomic E-state index is 13.0. The highest BCUT2D eigenvalue weighted by Gasteiger charge is 2.33. The lowest BCUT2D eigenvalue weighted by Gasteiger charge is -2.12. The highest BCUT2D eigenvalue weighted by Crippen LogP contribution is 2.36. The number of aryl methyl sites for hydroxylation is 2. The van der Waals surface area contributed by atoms with Crippen LogP contribution in [0.2, 0.25) is 10.3 Å². The third-order valence-corrected chi connectivity index (χ3v) is 7.84. The van der Waals surface area contributed by atoms with Crippen molar-refractivity contribution >= 4 is 23.2 Å². The van der Waals surface area contributed by atoms with Gasteiger partial charge in [-0.3, -0.25) is 9.97 Å². The second kappa shape index (κ2) is 16.4. The lowest BCUT2D eigenvalue weighted by atomic mass is 10.1. The summed E-state index contributed by atoms with van der Waals surface area (Å²) < 4.78 is 89.2. The fraction of sp³-hybridized carbons (Fsp3) is 0.158. The normalized spacial score (nSPS) is 11.4. The molecule has 268 valence electrons. The number of aromatic nitrogens is 4. The zero-order valence-corrected chi connectivity index (χ0v) is 28.9. The monoisotopic (exact) mass is 756 g/mol. The number of pyridine rings is 4. The van der Waals surface area contributed by atoms with Gasteiger partial charge in [-0.1, -0.05) is 83.9 Å². The molecule has 0 saturated carbocycles. The van der Waals surface area contributed by atoms with Crippen molar-refractivity contribution in [2.75, 3.05) is 0 Å². The molecule has 0 radical (unpaired) electrons. The third-order valence-electron chi connectivity index (χ3n) is 7.24. The Hall–Kier alpha value is -5.20. The summed E-state index contributed by atoms with van der Waals surface area (Å²) in [5.74, 6) is 0.981. The summed E-state index contributed by atoms with van der Waals surface area (Å²) in [5.41, 5.74) is 2.14. The summed E-state index contributed by atoms with van der Waals surface area (Å²) >= 11 is 12.0. The van der Waals surface area contributed by atoms with Crippen LogP contribution in [0.1, 0.15) is 33.6 Å². The molecule has 0 amide bonds. The van der Waals surface area contributed by atoms with Gasteiger partial charge >= 0.3 is 12.4 Å². The smallest absolute Gasteiger partial charge is 0.417 e. The molecule has 4 aromatic heterocycles. The standard InChI is InChI=1S/2C19H14ClF3N2O/c2*1-12-7-15(26-11-13-5-3-2-4-6-13)9-17(25-12)16-8-14(19(21,22)23)10-24-18(16)20/h2*2-10H,11H2,1H3. The van der Waals surface area contributed by atoms with E-state index >= 15 is 0 Å².